The molecular weight excluding hydrogens is 231 g/mol. The summed E-state index contributed by atoms with van der Waals surface area (Å²) >= 11 is 0. The van der Waals surface area contributed by atoms with Crippen molar-refractivity contribution in [1.29, 1.82) is 0 Å². The van der Waals surface area contributed by atoms with Gasteiger partial charge < -0.3 is 19.5 Å². The summed E-state index contributed by atoms with van der Waals surface area (Å²) in [7, 11) is -0.0343. The Balaban J connectivity index is 2.75. The molecule has 0 unspecified atom stereocenters. The van der Waals surface area contributed by atoms with Gasteiger partial charge in [0.2, 0.25) is 0 Å². The summed E-state index contributed by atoms with van der Waals surface area (Å²) < 4.78 is 10.6. The standard InChI is InChI=1S/C13H21BO4/c1-13(2,3)7-8-18-12-6-5-10(17-4)9-11(12)14(15)16/h5-6,9,15-16H,7-8H2,1-4H3. The average molecular weight is 252 g/mol. The van der Waals surface area contributed by atoms with Gasteiger partial charge in [-0.15, -0.1) is 0 Å². The van der Waals surface area contributed by atoms with E-state index in [0.717, 1.165) is 6.42 Å². The van der Waals surface area contributed by atoms with E-state index in [9.17, 15) is 10.0 Å². The van der Waals surface area contributed by atoms with E-state index in [-0.39, 0.29) is 5.41 Å². The Labute approximate surface area is 109 Å². The average Bonchev–Trinajstić information content (AvgIpc) is 2.27. The summed E-state index contributed by atoms with van der Waals surface area (Å²) in [5.41, 5.74) is 0.507. The molecule has 1 rings (SSSR count). The molecule has 0 atom stereocenters. The van der Waals surface area contributed by atoms with Gasteiger partial charge in [-0.05, 0) is 30.0 Å². The Hall–Kier alpha value is -1.20. The molecule has 0 spiro atoms. The van der Waals surface area contributed by atoms with E-state index >= 15 is 0 Å². The highest BCUT2D eigenvalue weighted by molar-refractivity contribution is 6.59. The molecule has 2 N–H and O–H groups in total. The Kier molecular flexibility index (Phi) is 5.05. The van der Waals surface area contributed by atoms with Crippen molar-refractivity contribution in [2.45, 2.75) is 27.2 Å². The van der Waals surface area contributed by atoms with Crippen LogP contribution in [0, 0.1) is 5.41 Å². The summed E-state index contributed by atoms with van der Waals surface area (Å²) in [5.74, 6) is 1.05. The lowest BCUT2D eigenvalue weighted by atomic mass is 9.79. The van der Waals surface area contributed by atoms with Gasteiger partial charge in [0, 0.05) is 5.46 Å². The number of benzene rings is 1. The normalized spacial score (nSPS) is 11.2. The Morgan fingerprint density at radius 3 is 2.39 bits per heavy atom. The van der Waals surface area contributed by atoms with Crippen molar-refractivity contribution < 1.29 is 19.5 Å². The Bertz CT molecular complexity index is 385. The summed E-state index contributed by atoms with van der Waals surface area (Å²) in [5, 5.41) is 18.6. The summed E-state index contributed by atoms with van der Waals surface area (Å²) in [6, 6.07) is 4.99. The first kappa shape index (κ1) is 14.9. The van der Waals surface area contributed by atoms with Crippen LogP contribution in [0.5, 0.6) is 11.5 Å². The van der Waals surface area contributed by atoms with Gasteiger partial charge in [0.15, 0.2) is 0 Å². The van der Waals surface area contributed by atoms with Crippen molar-refractivity contribution in [3.05, 3.63) is 18.2 Å². The first-order chi connectivity index (χ1) is 8.33. The van der Waals surface area contributed by atoms with Crippen molar-refractivity contribution in [2.75, 3.05) is 13.7 Å². The molecule has 0 fully saturated rings. The molecule has 0 aliphatic heterocycles. The molecule has 0 saturated carbocycles. The maximum Gasteiger partial charge on any atom is 0.492 e. The minimum atomic E-state index is -1.57. The van der Waals surface area contributed by atoms with Crippen LogP contribution in [0.3, 0.4) is 0 Å². The molecule has 5 heteroatoms. The van der Waals surface area contributed by atoms with Crippen molar-refractivity contribution in [3.63, 3.8) is 0 Å². The van der Waals surface area contributed by atoms with Gasteiger partial charge in [0.25, 0.3) is 0 Å². The topological polar surface area (TPSA) is 58.9 Å². The quantitative estimate of drug-likeness (QED) is 0.773. The third kappa shape index (κ3) is 4.59. The lowest BCUT2D eigenvalue weighted by Crippen LogP contribution is -2.31. The van der Waals surface area contributed by atoms with Gasteiger partial charge in [0.05, 0.1) is 13.7 Å². The molecule has 0 saturated heterocycles. The number of rotatable bonds is 5. The van der Waals surface area contributed by atoms with Crippen molar-refractivity contribution in [1.82, 2.24) is 0 Å². The zero-order valence-electron chi connectivity index (χ0n) is 11.4. The summed E-state index contributed by atoms with van der Waals surface area (Å²) in [4.78, 5) is 0. The zero-order valence-corrected chi connectivity index (χ0v) is 11.4. The van der Waals surface area contributed by atoms with Crippen LogP contribution in [0.25, 0.3) is 0 Å². The second-order valence-corrected chi connectivity index (χ2v) is 5.44. The highest BCUT2D eigenvalue weighted by Crippen LogP contribution is 2.20. The molecule has 4 nitrogen and oxygen atoms in total. The lowest BCUT2D eigenvalue weighted by molar-refractivity contribution is 0.243. The minimum absolute atomic E-state index is 0.185. The van der Waals surface area contributed by atoms with E-state index in [1.165, 1.54) is 7.11 Å². The van der Waals surface area contributed by atoms with E-state index < -0.39 is 7.12 Å². The van der Waals surface area contributed by atoms with Gasteiger partial charge in [-0.3, -0.25) is 0 Å². The molecule has 0 aliphatic rings. The Morgan fingerprint density at radius 2 is 1.89 bits per heavy atom. The van der Waals surface area contributed by atoms with E-state index in [0.29, 0.717) is 23.6 Å². The molecule has 18 heavy (non-hydrogen) atoms. The molecule has 0 bridgehead atoms. The molecule has 1 aromatic rings. The van der Waals surface area contributed by atoms with Gasteiger partial charge in [0.1, 0.15) is 11.5 Å². The van der Waals surface area contributed by atoms with Crippen LogP contribution >= 0.6 is 0 Å². The highest BCUT2D eigenvalue weighted by atomic mass is 16.5. The molecular formula is C13H21BO4. The molecule has 0 aromatic heterocycles. The zero-order chi connectivity index (χ0) is 13.8. The third-order valence-electron chi connectivity index (χ3n) is 2.60. The number of methoxy groups -OCH3 is 1. The molecule has 0 heterocycles. The van der Waals surface area contributed by atoms with E-state index in [1.54, 1.807) is 18.2 Å². The molecule has 0 aliphatic carbocycles. The smallest absolute Gasteiger partial charge is 0.492 e. The predicted octanol–water partition coefficient (Wildman–Crippen LogP) is 1.19. The van der Waals surface area contributed by atoms with Gasteiger partial charge in [-0.25, -0.2) is 0 Å². The van der Waals surface area contributed by atoms with E-state index in [1.807, 2.05) is 0 Å². The molecule has 0 amide bonds. The van der Waals surface area contributed by atoms with Crippen LogP contribution in [-0.2, 0) is 0 Å². The highest BCUT2D eigenvalue weighted by Gasteiger charge is 2.19. The fourth-order valence-corrected chi connectivity index (χ4v) is 1.45. The second kappa shape index (κ2) is 6.11. The molecule has 100 valence electrons. The van der Waals surface area contributed by atoms with Crippen LogP contribution in [0.15, 0.2) is 18.2 Å². The van der Waals surface area contributed by atoms with Crippen LogP contribution in [0.1, 0.15) is 27.2 Å². The predicted molar refractivity (Wildman–Crippen MR) is 72.4 cm³/mol. The molecule has 1 aromatic carbocycles. The van der Waals surface area contributed by atoms with Crippen LogP contribution < -0.4 is 14.9 Å². The molecule has 0 radical (unpaired) electrons. The second-order valence-electron chi connectivity index (χ2n) is 5.44. The van der Waals surface area contributed by atoms with Gasteiger partial charge >= 0.3 is 7.12 Å². The maximum atomic E-state index is 9.30. The monoisotopic (exact) mass is 252 g/mol. The maximum absolute atomic E-state index is 9.30. The minimum Gasteiger partial charge on any atom is -0.497 e. The largest absolute Gasteiger partial charge is 0.497 e. The number of ether oxygens (including phenoxy) is 2. The first-order valence-electron chi connectivity index (χ1n) is 6.00. The summed E-state index contributed by atoms with van der Waals surface area (Å²) in [6.45, 7) is 6.93. The van der Waals surface area contributed by atoms with Crippen molar-refractivity contribution >= 4 is 12.6 Å². The fourth-order valence-electron chi connectivity index (χ4n) is 1.45. The van der Waals surface area contributed by atoms with E-state index in [4.69, 9.17) is 9.47 Å². The van der Waals surface area contributed by atoms with Crippen molar-refractivity contribution in [3.8, 4) is 11.5 Å². The van der Waals surface area contributed by atoms with Crippen LogP contribution in [0.2, 0.25) is 0 Å². The van der Waals surface area contributed by atoms with Gasteiger partial charge in [-0.2, -0.15) is 0 Å². The Morgan fingerprint density at radius 1 is 1.22 bits per heavy atom. The SMILES string of the molecule is COc1ccc(OCCC(C)(C)C)c(B(O)O)c1. The van der Waals surface area contributed by atoms with Gasteiger partial charge in [-0.1, -0.05) is 20.8 Å². The third-order valence-corrected chi connectivity index (χ3v) is 2.60. The number of hydrogen-bond acceptors (Lipinski definition) is 4. The first-order valence-corrected chi connectivity index (χ1v) is 6.00. The van der Waals surface area contributed by atoms with E-state index in [2.05, 4.69) is 20.8 Å². The number of hydrogen-bond donors (Lipinski definition) is 2. The summed E-state index contributed by atoms with van der Waals surface area (Å²) in [6.07, 6.45) is 0.889. The lowest BCUT2D eigenvalue weighted by Gasteiger charge is -2.19. The van der Waals surface area contributed by atoms with Crippen molar-refractivity contribution in [2.24, 2.45) is 5.41 Å². The van der Waals surface area contributed by atoms with Crippen LogP contribution in [0.4, 0.5) is 0 Å². The fraction of sp³-hybridized carbons (Fsp3) is 0.538. The van der Waals surface area contributed by atoms with Crippen LogP contribution in [-0.4, -0.2) is 30.9 Å².